The summed E-state index contributed by atoms with van der Waals surface area (Å²) < 4.78 is 0. The Balaban J connectivity index is 2.16. The number of phenols is 2. The minimum atomic E-state index is 0.0899. The van der Waals surface area contributed by atoms with Crippen molar-refractivity contribution < 1.29 is 10.2 Å². The predicted molar refractivity (Wildman–Crippen MR) is 71.5 cm³/mol. The van der Waals surface area contributed by atoms with Crippen LogP contribution in [-0.2, 0) is 0 Å². The largest absolute Gasteiger partial charge is 0.508 e. The molecule has 1 fully saturated rings. The molecule has 0 bridgehead atoms. The third-order valence-electron chi connectivity index (χ3n) is 4.01. The van der Waals surface area contributed by atoms with Crippen molar-refractivity contribution in [3.63, 3.8) is 0 Å². The van der Waals surface area contributed by atoms with Crippen molar-refractivity contribution >= 4 is 0 Å². The van der Waals surface area contributed by atoms with Crippen molar-refractivity contribution in [3.05, 3.63) is 23.8 Å². The summed E-state index contributed by atoms with van der Waals surface area (Å²) in [5, 5.41) is 19.4. The van der Waals surface area contributed by atoms with Gasteiger partial charge in [-0.15, -0.1) is 0 Å². The lowest BCUT2D eigenvalue weighted by Gasteiger charge is -2.39. The maximum atomic E-state index is 9.89. The predicted octanol–water partition coefficient (Wildman–Crippen LogP) is 1.83. The van der Waals surface area contributed by atoms with E-state index < -0.39 is 0 Å². The van der Waals surface area contributed by atoms with E-state index in [1.54, 1.807) is 12.1 Å². The Morgan fingerprint density at radius 2 is 2.11 bits per heavy atom. The fourth-order valence-electron chi connectivity index (χ4n) is 2.62. The van der Waals surface area contributed by atoms with E-state index in [0.29, 0.717) is 5.92 Å². The molecule has 3 unspecified atom stereocenters. The first-order chi connectivity index (χ1) is 8.49. The molecule has 100 valence electrons. The summed E-state index contributed by atoms with van der Waals surface area (Å²) in [6.07, 6.45) is 0.977. The molecule has 18 heavy (non-hydrogen) atoms. The molecule has 1 heterocycles. The van der Waals surface area contributed by atoms with Gasteiger partial charge in [0.05, 0.1) is 0 Å². The van der Waals surface area contributed by atoms with E-state index in [4.69, 9.17) is 5.73 Å². The summed E-state index contributed by atoms with van der Waals surface area (Å²) in [6, 6.07) is 5.04. The van der Waals surface area contributed by atoms with Crippen molar-refractivity contribution in [2.24, 2.45) is 11.7 Å². The van der Waals surface area contributed by atoms with Crippen LogP contribution in [0.5, 0.6) is 11.5 Å². The van der Waals surface area contributed by atoms with Gasteiger partial charge >= 0.3 is 0 Å². The molecule has 1 aliphatic heterocycles. The highest BCUT2D eigenvalue weighted by molar-refractivity contribution is 5.40. The Labute approximate surface area is 108 Å². The van der Waals surface area contributed by atoms with Crippen LogP contribution in [0.15, 0.2) is 18.2 Å². The molecule has 0 saturated carbocycles. The molecule has 3 atom stereocenters. The summed E-state index contributed by atoms with van der Waals surface area (Å²) in [4.78, 5) is 2.31. The first-order valence-electron chi connectivity index (χ1n) is 6.50. The second kappa shape index (κ2) is 5.16. The van der Waals surface area contributed by atoms with Crippen LogP contribution < -0.4 is 5.73 Å². The van der Waals surface area contributed by atoms with Crippen molar-refractivity contribution in [2.45, 2.75) is 32.4 Å². The molecule has 4 heteroatoms. The van der Waals surface area contributed by atoms with Crippen LogP contribution in [0.2, 0.25) is 0 Å². The molecular formula is C14H22N2O2. The van der Waals surface area contributed by atoms with Gasteiger partial charge in [-0.2, -0.15) is 0 Å². The Bertz CT molecular complexity index is 422. The lowest BCUT2D eigenvalue weighted by Crippen LogP contribution is -2.46. The smallest absolute Gasteiger partial charge is 0.120 e. The van der Waals surface area contributed by atoms with Gasteiger partial charge in [0.2, 0.25) is 0 Å². The summed E-state index contributed by atoms with van der Waals surface area (Å²) in [6.45, 7) is 6.07. The minimum Gasteiger partial charge on any atom is -0.508 e. The Hall–Kier alpha value is -1.26. The zero-order chi connectivity index (χ0) is 13.3. The lowest BCUT2D eigenvalue weighted by molar-refractivity contribution is 0.122. The van der Waals surface area contributed by atoms with E-state index in [2.05, 4.69) is 18.7 Å². The molecule has 0 spiro atoms. The number of likely N-dealkylation sites (tertiary alicyclic amines) is 1. The van der Waals surface area contributed by atoms with Gasteiger partial charge < -0.3 is 15.9 Å². The lowest BCUT2D eigenvalue weighted by atomic mass is 9.92. The molecule has 1 aromatic carbocycles. The van der Waals surface area contributed by atoms with Gasteiger partial charge in [-0.3, -0.25) is 4.90 Å². The fraction of sp³-hybridized carbons (Fsp3) is 0.571. The number of piperidine rings is 1. The molecule has 1 saturated heterocycles. The molecule has 0 aromatic heterocycles. The zero-order valence-corrected chi connectivity index (χ0v) is 11.0. The second-order valence-electron chi connectivity index (χ2n) is 5.34. The number of phenolic OH excluding ortho intramolecular Hbond substituents is 2. The van der Waals surface area contributed by atoms with E-state index in [1.165, 1.54) is 6.07 Å². The zero-order valence-electron chi connectivity index (χ0n) is 11.0. The van der Waals surface area contributed by atoms with Gasteiger partial charge in [0.1, 0.15) is 11.5 Å². The van der Waals surface area contributed by atoms with Crippen molar-refractivity contribution in [1.82, 2.24) is 4.90 Å². The van der Waals surface area contributed by atoms with Gasteiger partial charge in [-0.1, -0.05) is 6.92 Å². The first-order valence-corrected chi connectivity index (χ1v) is 6.50. The highest BCUT2D eigenvalue weighted by atomic mass is 16.3. The Kier molecular flexibility index (Phi) is 3.78. The summed E-state index contributed by atoms with van der Waals surface area (Å²) in [7, 11) is 0. The number of benzene rings is 1. The SMILES string of the molecule is CC1CN(C(C)c2cc(O)ccc2O)CCC1N. The number of rotatable bonds is 2. The van der Waals surface area contributed by atoms with E-state index in [0.717, 1.165) is 25.1 Å². The third kappa shape index (κ3) is 2.60. The maximum Gasteiger partial charge on any atom is 0.120 e. The Morgan fingerprint density at radius 3 is 2.78 bits per heavy atom. The fourth-order valence-corrected chi connectivity index (χ4v) is 2.62. The van der Waals surface area contributed by atoms with Crippen molar-refractivity contribution in [2.75, 3.05) is 13.1 Å². The summed E-state index contributed by atoms with van der Waals surface area (Å²) in [5.41, 5.74) is 6.79. The van der Waals surface area contributed by atoms with Crippen molar-refractivity contribution in [3.8, 4) is 11.5 Å². The number of nitrogens with two attached hydrogens (primary N) is 1. The molecule has 4 nitrogen and oxygen atoms in total. The number of aromatic hydroxyl groups is 2. The average molecular weight is 250 g/mol. The normalized spacial score (nSPS) is 27.1. The van der Waals surface area contributed by atoms with E-state index in [-0.39, 0.29) is 23.6 Å². The molecule has 1 aliphatic rings. The van der Waals surface area contributed by atoms with Gasteiger partial charge in [-0.25, -0.2) is 0 Å². The first kappa shape index (κ1) is 13.2. The molecule has 0 aliphatic carbocycles. The molecule has 1 aromatic rings. The maximum absolute atomic E-state index is 9.89. The van der Waals surface area contributed by atoms with Crippen LogP contribution in [0.25, 0.3) is 0 Å². The van der Waals surface area contributed by atoms with Gasteiger partial charge in [0.25, 0.3) is 0 Å². The number of nitrogens with zero attached hydrogens (tertiary/aromatic N) is 1. The molecule has 0 radical (unpaired) electrons. The summed E-state index contributed by atoms with van der Waals surface area (Å²) >= 11 is 0. The van der Waals surface area contributed by atoms with E-state index >= 15 is 0 Å². The quantitative estimate of drug-likeness (QED) is 0.700. The van der Waals surface area contributed by atoms with Crippen LogP contribution in [-0.4, -0.2) is 34.2 Å². The highest BCUT2D eigenvalue weighted by Crippen LogP contribution is 2.33. The number of hydrogen-bond donors (Lipinski definition) is 3. The number of hydrogen-bond acceptors (Lipinski definition) is 4. The van der Waals surface area contributed by atoms with Crippen LogP contribution in [0, 0.1) is 5.92 Å². The van der Waals surface area contributed by atoms with Gasteiger partial charge in [0.15, 0.2) is 0 Å². The highest BCUT2D eigenvalue weighted by Gasteiger charge is 2.27. The van der Waals surface area contributed by atoms with Crippen LogP contribution in [0.3, 0.4) is 0 Å². The molecule has 2 rings (SSSR count). The van der Waals surface area contributed by atoms with E-state index in [9.17, 15) is 10.2 Å². The topological polar surface area (TPSA) is 69.7 Å². The minimum absolute atomic E-state index is 0.0899. The third-order valence-corrected chi connectivity index (χ3v) is 4.01. The monoisotopic (exact) mass is 250 g/mol. The van der Waals surface area contributed by atoms with Gasteiger partial charge in [0, 0.05) is 30.7 Å². The second-order valence-corrected chi connectivity index (χ2v) is 5.34. The Morgan fingerprint density at radius 1 is 1.39 bits per heavy atom. The van der Waals surface area contributed by atoms with Crippen LogP contribution in [0.1, 0.15) is 31.9 Å². The van der Waals surface area contributed by atoms with Crippen LogP contribution in [0.4, 0.5) is 0 Å². The molecule has 0 amide bonds. The average Bonchev–Trinajstić information content (AvgIpc) is 2.35. The molecule has 4 N–H and O–H groups in total. The molecular weight excluding hydrogens is 228 g/mol. The standard InChI is InChI=1S/C14H22N2O2/c1-9-8-16(6-5-13(9)15)10(2)12-7-11(17)3-4-14(12)18/h3-4,7,9-10,13,17-18H,5-6,8,15H2,1-2H3. The van der Waals surface area contributed by atoms with E-state index in [1.807, 2.05) is 0 Å². The van der Waals surface area contributed by atoms with Crippen molar-refractivity contribution in [1.29, 1.82) is 0 Å². The summed E-state index contributed by atoms with van der Waals surface area (Å²) in [5.74, 6) is 0.889. The van der Waals surface area contributed by atoms with Gasteiger partial charge in [-0.05, 0) is 37.5 Å². The van der Waals surface area contributed by atoms with Crippen LogP contribution >= 0.6 is 0 Å².